The molecule has 1 rings (SSSR count). The average Bonchev–Trinajstić information content (AvgIpc) is 1.88. The van der Waals surface area contributed by atoms with Crippen molar-refractivity contribution in [2.24, 2.45) is 0 Å². The molecule has 2 heteroatoms. The van der Waals surface area contributed by atoms with Gasteiger partial charge in [0, 0.05) is 15.5 Å². The first-order chi connectivity index (χ1) is 5.46. The third-order valence-electron chi connectivity index (χ3n) is 0.352. The van der Waals surface area contributed by atoms with Crippen LogP contribution in [0.2, 0.25) is 0 Å². The minimum atomic E-state index is -2.82. The van der Waals surface area contributed by atoms with Gasteiger partial charge in [0.25, 0.3) is 0 Å². The minimum Gasteiger partial charge on any atom is -0.380 e. The van der Waals surface area contributed by atoms with Crippen molar-refractivity contribution >= 4 is 15.9 Å². The highest BCUT2D eigenvalue weighted by atomic mass is 79.9. The predicted molar refractivity (Wildman–Crippen MR) is 28.2 cm³/mol. The number of alkyl halides is 1. The lowest BCUT2D eigenvalue weighted by atomic mass is 10.4. The Balaban J connectivity index is 3.24. The van der Waals surface area contributed by atoms with Crippen LogP contribution in [0.5, 0.6) is 0 Å². The van der Waals surface area contributed by atoms with Crippen LogP contribution in [0.15, 0.2) is 0 Å². The molecule has 0 aliphatic carbocycles. The van der Waals surface area contributed by atoms with Gasteiger partial charge in [0.1, 0.15) is 0 Å². The molecule has 1 unspecified atom stereocenters. The normalized spacial score (nSPS) is 89.2. The standard InChI is InChI=1S/C4H7BrO/c5-4-1-2-6-3-4/h4H,1-3H2/i1D2,2D2,3D2,4D. The van der Waals surface area contributed by atoms with Gasteiger partial charge in [-0.1, -0.05) is 15.9 Å². The van der Waals surface area contributed by atoms with Crippen LogP contribution in [0.3, 0.4) is 0 Å². The molecule has 0 N–H and O–H groups in total. The van der Waals surface area contributed by atoms with Crippen LogP contribution in [-0.2, 0) is 4.74 Å². The summed E-state index contributed by atoms with van der Waals surface area (Å²) in [5.41, 5.74) is 0. The first kappa shape index (κ1) is 1.06. The maximum Gasteiger partial charge on any atom is 0.0592 e. The van der Waals surface area contributed by atoms with Crippen molar-refractivity contribution in [3.05, 3.63) is 0 Å². The van der Waals surface area contributed by atoms with Crippen LogP contribution < -0.4 is 0 Å². The third kappa shape index (κ3) is 0.949. The minimum absolute atomic E-state index is 2.45. The van der Waals surface area contributed by atoms with Crippen molar-refractivity contribution in [3.63, 3.8) is 0 Å². The Morgan fingerprint density at radius 2 is 3.00 bits per heavy atom. The van der Waals surface area contributed by atoms with Crippen molar-refractivity contribution in [2.45, 2.75) is 11.2 Å². The SMILES string of the molecule is [2H]C1([2H])OC([2H])([2H])C([2H])(Br)C1([2H])[2H]. The van der Waals surface area contributed by atoms with Gasteiger partial charge in [0.2, 0.25) is 0 Å². The van der Waals surface area contributed by atoms with Gasteiger partial charge in [0.05, 0.1) is 12.0 Å². The Morgan fingerprint density at radius 1 is 2.17 bits per heavy atom. The molecule has 1 heterocycles. The van der Waals surface area contributed by atoms with E-state index in [4.69, 9.17) is 9.60 Å². The number of halogens is 1. The quantitative estimate of drug-likeness (QED) is 0.481. The fourth-order valence-corrected chi connectivity index (χ4v) is 0.328. The lowest BCUT2D eigenvalue weighted by molar-refractivity contribution is 0.199. The zero-order valence-electron chi connectivity index (χ0n) is 9.79. The maximum atomic E-state index is 7.35. The second kappa shape index (κ2) is 1.94. The summed E-state index contributed by atoms with van der Waals surface area (Å²) in [6, 6.07) is 0. The summed E-state index contributed by atoms with van der Waals surface area (Å²) < 4.78 is 54.5. The van der Waals surface area contributed by atoms with Crippen molar-refractivity contribution in [1.29, 1.82) is 0 Å². The lowest BCUT2D eigenvalue weighted by Crippen LogP contribution is -1.91. The first-order valence-electron chi connectivity index (χ1n) is 4.85. The molecule has 6 heavy (non-hydrogen) atoms. The highest BCUT2D eigenvalue weighted by molar-refractivity contribution is 9.09. The van der Waals surface area contributed by atoms with Crippen LogP contribution >= 0.6 is 15.9 Å². The average molecular weight is 158 g/mol. The highest BCUT2D eigenvalue weighted by Gasteiger charge is 2.09. The number of hydrogen-bond donors (Lipinski definition) is 0. The summed E-state index contributed by atoms with van der Waals surface area (Å²) in [6.45, 7) is -5.53. The molecule has 1 fully saturated rings. The second-order valence-electron chi connectivity index (χ2n) is 0.745. The Labute approximate surface area is 55.6 Å². The molecule has 1 aliphatic rings. The molecule has 1 nitrogen and oxygen atoms in total. The van der Waals surface area contributed by atoms with Crippen molar-refractivity contribution in [1.82, 2.24) is 0 Å². The fourth-order valence-electron chi connectivity index (χ4n) is 0.166. The molecule has 1 saturated heterocycles. The number of rotatable bonds is 0. The largest absolute Gasteiger partial charge is 0.380 e. The van der Waals surface area contributed by atoms with Gasteiger partial charge in [-0.05, 0) is 6.37 Å². The molecule has 1 aliphatic heterocycles. The molecule has 0 bridgehead atoms. The zero-order chi connectivity index (χ0) is 10.7. The molecule has 0 aromatic heterocycles. The summed E-state index contributed by atoms with van der Waals surface area (Å²) in [5, 5.41) is 0. The van der Waals surface area contributed by atoms with E-state index in [0.29, 0.717) is 0 Å². The van der Waals surface area contributed by atoms with Gasteiger partial charge >= 0.3 is 0 Å². The van der Waals surface area contributed by atoms with Gasteiger partial charge in [-0.25, -0.2) is 0 Å². The van der Waals surface area contributed by atoms with E-state index in [1.165, 1.54) is 0 Å². The number of hydrogen-bond acceptors (Lipinski definition) is 1. The van der Waals surface area contributed by atoms with Gasteiger partial charge in [-0.15, -0.1) is 0 Å². The Hall–Kier alpha value is 0.440. The van der Waals surface area contributed by atoms with Crippen LogP contribution in [-0.4, -0.2) is 17.9 Å². The molecule has 0 amide bonds. The monoisotopic (exact) mass is 157 g/mol. The molecular weight excluding hydrogens is 144 g/mol. The van der Waals surface area contributed by atoms with Crippen LogP contribution in [0, 0.1) is 0 Å². The fraction of sp³-hybridized carbons (Fsp3) is 1.00. The van der Waals surface area contributed by atoms with Crippen LogP contribution in [0.4, 0.5) is 0 Å². The maximum absolute atomic E-state index is 7.35. The van der Waals surface area contributed by atoms with E-state index in [9.17, 15) is 0 Å². The second-order valence-corrected chi connectivity index (χ2v) is 1.54. The molecule has 0 saturated carbocycles. The van der Waals surface area contributed by atoms with Gasteiger partial charge in [-0.2, -0.15) is 0 Å². The Morgan fingerprint density at radius 3 is 3.17 bits per heavy atom. The van der Waals surface area contributed by atoms with E-state index < -0.39 is 24.3 Å². The van der Waals surface area contributed by atoms with Crippen molar-refractivity contribution in [3.8, 4) is 0 Å². The molecule has 0 radical (unpaired) electrons. The first-order valence-corrected chi connectivity index (χ1v) is 2.14. The van der Waals surface area contributed by atoms with E-state index in [1.54, 1.807) is 0 Å². The summed E-state index contributed by atoms with van der Waals surface area (Å²) >= 11 is 2.51. The molecule has 36 valence electrons. The number of ether oxygens (including phenoxy) is 1. The zero-order valence-corrected chi connectivity index (χ0v) is 4.37. The van der Waals surface area contributed by atoms with E-state index in [1.807, 2.05) is 0 Å². The summed E-state index contributed by atoms with van der Waals surface area (Å²) in [5.74, 6) is 0. The van der Waals surface area contributed by atoms with Gasteiger partial charge < -0.3 is 4.74 Å². The van der Waals surface area contributed by atoms with Gasteiger partial charge in [0.15, 0.2) is 0 Å². The topological polar surface area (TPSA) is 9.23 Å². The van der Waals surface area contributed by atoms with E-state index >= 15 is 0 Å². The lowest BCUT2D eigenvalue weighted by Gasteiger charge is -1.86. The van der Waals surface area contributed by atoms with Crippen LogP contribution in [0.1, 0.15) is 16.0 Å². The molecule has 0 spiro atoms. The molecule has 0 aromatic carbocycles. The summed E-state index contributed by atoms with van der Waals surface area (Å²) in [7, 11) is 0. The molecular formula is C4H7BrO. The Bertz CT molecular complexity index is 213. The third-order valence-corrected chi connectivity index (χ3v) is 0.713. The Kier molecular flexibility index (Phi) is 0.341. The van der Waals surface area contributed by atoms with E-state index in [2.05, 4.69) is 20.7 Å². The highest BCUT2D eigenvalue weighted by Crippen LogP contribution is 2.11. The predicted octanol–water partition coefficient (Wildman–Crippen LogP) is 1.17. The summed E-state index contributed by atoms with van der Waals surface area (Å²) in [6.07, 6.45) is -2.76. The molecule has 1 atom stereocenters. The smallest absolute Gasteiger partial charge is 0.0592 e. The van der Waals surface area contributed by atoms with Gasteiger partial charge in [-0.3, -0.25) is 0 Å². The van der Waals surface area contributed by atoms with Crippen molar-refractivity contribution < 1.29 is 14.3 Å². The van der Waals surface area contributed by atoms with E-state index in [0.717, 1.165) is 0 Å². The molecule has 0 aromatic rings. The van der Waals surface area contributed by atoms with E-state index in [-0.39, 0.29) is 0 Å². The summed E-state index contributed by atoms with van der Waals surface area (Å²) in [4.78, 5) is -2.45. The van der Waals surface area contributed by atoms with Crippen LogP contribution in [0.25, 0.3) is 0 Å². The van der Waals surface area contributed by atoms with Crippen molar-refractivity contribution in [2.75, 3.05) is 13.1 Å².